The van der Waals surface area contributed by atoms with E-state index >= 15 is 0 Å². The van der Waals surface area contributed by atoms with E-state index in [1.165, 1.54) is 5.56 Å². The summed E-state index contributed by atoms with van der Waals surface area (Å²) < 4.78 is 0. The van der Waals surface area contributed by atoms with Crippen LogP contribution in [0.15, 0.2) is 90.6 Å². The van der Waals surface area contributed by atoms with Crippen molar-refractivity contribution in [2.75, 3.05) is 11.1 Å². The zero-order chi connectivity index (χ0) is 18.4. The maximum absolute atomic E-state index is 12.6. The van der Waals surface area contributed by atoms with Crippen LogP contribution in [0.3, 0.4) is 0 Å². The monoisotopic (exact) mass is 342 g/mol. The standard InChI is InChI=1S/C23H22N2O/c1-17-11-13-18(14-12-17)15-20(25-22-10-6-5-9-21(22)24)16-23(26)19-7-3-2-4-8-19/h2-14,16,25H,15,24H2,1H3/b20-16-. The number of nitrogens with two attached hydrogens (primary N) is 1. The number of anilines is 2. The van der Waals surface area contributed by atoms with Crippen molar-refractivity contribution < 1.29 is 4.79 Å². The van der Waals surface area contributed by atoms with Gasteiger partial charge >= 0.3 is 0 Å². The van der Waals surface area contributed by atoms with E-state index in [9.17, 15) is 4.79 Å². The molecule has 3 aromatic rings. The first-order chi connectivity index (χ1) is 12.6. The van der Waals surface area contributed by atoms with E-state index in [1.54, 1.807) is 6.08 Å². The number of benzene rings is 3. The molecule has 0 atom stereocenters. The molecule has 26 heavy (non-hydrogen) atoms. The van der Waals surface area contributed by atoms with Gasteiger partial charge in [0.15, 0.2) is 5.78 Å². The second kappa shape index (κ2) is 8.17. The highest BCUT2D eigenvalue weighted by Crippen LogP contribution is 2.21. The summed E-state index contributed by atoms with van der Waals surface area (Å²) in [4.78, 5) is 12.6. The van der Waals surface area contributed by atoms with Gasteiger partial charge in [0, 0.05) is 23.8 Å². The fraction of sp³-hybridized carbons (Fsp3) is 0.0870. The topological polar surface area (TPSA) is 55.1 Å². The highest BCUT2D eigenvalue weighted by atomic mass is 16.1. The van der Waals surface area contributed by atoms with Crippen molar-refractivity contribution in [1.82, 2.24) is 0 Å². The quantitative estimate of drug-likeness (QED) is 0.376. The predicted molar refractivity (Wildman–Crippen MR) is 108 cm³/mol. The third-order valence-corrected chi connectivity index (χ3v) is 4.13. The van der Waals surface area contributed by atoms with Gasteiger partial charge in [0.1, 0.15) is 0 Å². The van der Waals surface area contributed by atoms with Crippen molar-refractivity contribution in [1.29, 1.82) is 0 Å². The van der Waals surface area contributed by atoms with E-state index in [0.29, 0.717) is 17.7 Å². The molecular formula is C23H22N2O. The van der Waals surface area contributed by atoms with Crippen LogP contribution in [-0.2, 0) is 6.42 Å². The lowest BCUT2D eigenvalue weighted by Gasteiger charge is -2.13. The lowest BCUT2D eigenvalue weighted by atomic mass is 10.0. The summed E-state index contributed by atoms with van der Waals surface area (Å²) >= 11 is 0. The van der Waals surface area contributed by atoms with Crippen LogP contribution in [0.25, 0.3) is 0 Å². The normalized spacial score (nSPS) is 11.2. The van der Waals surface area contributed by atoms with Gasteiger partial charge in [0.05, 0.1) is 11.4 Å². The van der Waals surface area contributed by atoms with E-state index < -0.39 is 0 Å². The lowest BCUT2D eigenvalue weighted by molar-refractivity contribution is 0.104. The van der Waals surface area contributed by atoms with Gasteiger partial charge in [0.25, 0.3) is 0 Å². The molecule has 3 N–H and O–H groups in total. The second-order valence-electron chi connectivity index (χ2n) is 6.27. The SMILES string of the molecule is Cc1ccc(C/C(=C/C(=O)c2ccccc2)Nc2ccccc2N)cc1. The Morgan fingerprint density at radius 1 is 0.923 bits per heavy atom. The van der Waals surface area contributed by atoms with Crippen molar-refractivity contribution >= 4 is 17.2 Å². The summed E-state index contributed by atoms with van der Waals surface area (Å²) in [7, 11) is 0. The summed E-state index contributed by atoms with van der Waals surface area (Å²) in [6.07, 6.45) is 2.27. The van der Waals surface area contributed by atoms with E-state index in [1.807, 2.05) is 54.6 Å². The van der Waals surface area contributed by atoms with Gasteiger partial charge < -0.3 is 11.1 Å². The Hall–Kier alpha value is -3.33. The maximum atomic E-state index is 12.6. The first-order valence-electron chi connectivity index (χ1n) is 8.59. The summed E-state index contributed by atoms with van der Waals surface area (Å²) in [5.74, 6) is -0.0327. The summed E-state index contributed by atoms with van der Waals surface area (Å²) in [6.45, 7) is 2.06. The lowest BCUT2D eigenvalue weighted by Crippen LogP contribution is -2.08. The molecule has 3 heteroatoms. The zero-order valence-corrected chi connectivity index (χ0v) is 14.8. The molecule has 0 radical (unpaired) electrons. The maximum Gasteiger partial charge on any atom is 0.187 e. The fourth-order valence-corrected chi connectivity index (χ4v) is 2.68. The average Bonchev–Trinajstić information content (AvgIpc) is 2.66. The molecule has 0 saturated heterocycles. The number of carbonyl (C=O) groups is 1. The molecule has 3 aromatic carbocycles. The number of rotatable bonds is 6. The van der Waals surface area contributed by atoms with Crippen LogP contribution in [0.5, 0.6) is 0 Å². The molecule has 130 valence electrons. The van der Waals surface area contributed by atoms with Crippen LogP contribution in [-0.4, -0.2) is 5.78 Å². The van der Waals surface area contributed by atoms with Gasteiger partial charge in [-0.2, -0.15) is 0 Å². The first-order valence-corrected chi connectivity index (χ1v) is 8.59. The van der Waals surface area contributed by atoms with Crippen LogP contribution in [0, 0.1) is 6.92 Å². The fourth-order valence-electron chi connectivity index (χ4n) is 2.68. The van der Waals surface area contributed by atoms with Crippen LogP contribution in [0.4, 0.5) is 11.4 Å². The van der Waals surface area contributed by atoms with Gasteiger partial charge in [-0.25, -0.2) is 0 Å². The Labute approximate surface area is 154 Å². The Bertz CT molecular complexity index is 912. The number of nitrogen functional groups attached to an aromatic ring is 1. The number of ketones is 1. The van der Waals surface area contributed by atoms with Crippen molar-refractivity contribution in [2.24, 2.45) is 0 Å². The van der Waals surface area contributed by atoms with Gasteiger partial charge in [-0.15, -0.1) is 0 Å². The van der Waals surface area contributed by atoms with E-state index in [4.69, 9.17) is 5.73 Å². The molecule has 0 unspecified atom stereocenters. The van der Waals surface area contributed by atoms with Crippen molar-refractivity contribution in [2.45, 2.75) is 13.3 Å². The van der Waals surface area contributed by atoms with E-state index in [2.05, 4.69) is 36.5 Å². The Kier molecular flexibility index (Phi) is 5.49. The summed E-state index contributed by atoms with van der Waals surface area (Å²) in [5, 5.41) is 3.33. The minimum absolute atomic E-state index is 0.0327. The van der Waals surface area contributed by atoms with Crippen LogP contribution in [0.2, 0.25) is 0 Å². The molecule has 3 rings (SSSR count). The van der Waals surface area contributed by atoms with Gasteiger partial charge in [-0.05, 0) is 24.6 Å². The first kappa shape index (κ1) is 17.5. The molecule has 0 saturated carbocycles. The molecule has 0 heterocycles. The van der Waals surface area contributed by atoms with Crippen molar-refractivity contribution in [3.63, 3.8) is 0 Å². The van der Waals surface area contributed by atoms with Crippen molar-refractivity contribution in [3.8, 4) is 0 Å². The Morgan fingerprint density at radius 3 is 2.27 bits per heavy atom. The number of hydrogen-bond acceptors (Lipinski definition) is 3. The molecule has 3 nitrogen and oxygen atoms in total. The van der Waals surface area contributed by atoms with Crippen LogP contribution in [0.1, 0.15) is 21.5 Å². The predicted octanol–water partition coefficient (Wildman–Crippen LogP) is 5.00. The molecular weight excluding hydrogens is 320 g/mol. The van der Waals surface area contributed by atoms with E-state index in [-0.39, 0.29) is 5.78 Å². The molecule has 0 bridgehead atoms. The molecule has 0 aliphatic carbocycles. The smallest absolute Gasteiger partial charge is 0.187 e. The molecule has 0 aliphatic heterocycles. The largest absolute Gasteiger partial charge is 0.397 e. The summed E-state index contributed by atoms with van der Waals surface area (Å²) in [6, 6.07) is 25.1. The van der Waals surface area contributed by atoms with Gasteiger partial charge in [0.2, 0.25) is 0 Å². The van der Waals surface area contributed by atoms with Crippen molar-refractivity contribution in [3.05, 3.63) is 107 Å². The molecule has 0 amide bonds. The number of para-hydroxylation sites is 2. The molecule has 0 spiro atoms. The summed E-state index contributed by atoms with van der Waals surface area (Å²) in [5.41, 5.74) is 11.3. The average molecular weight is 342 g/mol. The number of carbonyl (C=O) groups excluding carboxylic acids is 1. The number of nitrogens with one attached hydrogen (secondary N) is 1. The number of allylic oxidation sites excluding steroid dienone is 2. The van der Waals surface area contributed by atoms with Gasteiger partial charge in [-0.1, -0.05) is 72.3 Å². The zero-order valence-electron chi connectivity index (χ0n) is 14.8. The van der Waals surface area contributed by atoms with Gasteiger partial charge in [-0.3, -0.25) is 4.79 Å². The highest BCUT2D eigenvalue weighted by Gasteiger charge is 2.08. The highest BCUT2D eigenvalue weighted by molar-refractivity contribution is 6.05. The number of aryl methyl sites for hydroxylation is 1. The third kappa shape index (κ3) is 4.61. The van der Waals surface area contributed by atoms with Crippen LogP contribution < -0.4 is 11.1 Å². The number of hydrogen-bond donors (Lipinski definition) is 2. The minimum atomic E-state index is -0.0327. The Morgan fingerprint density at radius 2 is 1.58 bits per heavy atom. The van der Waals surface area contributed by atoms with Crippen LogP contribution >= 0.6 is 0 Å². The van der Waals surface area contributed by atoms with E-state index in [0.717, 1.165) is 16.9 Å². The second-order valence-corrected chi connectivity index (χ2v) is 6.27. The molecule has 0 fully saturated rings. The molecule has 0 aromatic heterocycles. The third-order valence-electron chi connectivity index (χ3n) is 4.13. The minimum Gasteiger partial charge on any atom is -0.397 e. The molecule has 0 aliphatic rings. The Balaban J connectivity index is 1.90.